The molecule has 0 amide bonds. The number of hydrogen-bond acceptors (Lipinski definition) is 9. The number of piperazine rings is 1. The maximum absolute atomic E-state index is 11.8. The highest BCUT2D eigenvalue weighted by atomic mass is 32.2. The number of thiazole rings is 1. The molecule has 9 nitrogen and oxygen atoms in total. The molecule has 2 aliphatic heterocycles. The van der Waals surface area contributed by atoms with E-state index in [0.717, 1.165) is 47.1 Å². The molecule has 3 aromatic heterocycles. The van der Waals surface area contributed by atoms with Crippen LogP contribution in [0.3, 0.4) is 0 Å². The van der Waals surface area contributed by atoms with Gasteiger partial charge in [-0.05, 0) is 31.5 Å². The summed E-state index contributed by atoms with van der Waals surface area (Å²) in [4.78, 5) is 23.2. The van der Waals surface area contributed by atoms with E-state index in [-0.39, 0.29) is 6.04 Å². The lowest BCUT2D eigenvalue weighted by molar-refractivity contribution is 0.387. The fourth-order valence-corrected chi connectivity index (χ4v) is 5.87. The molecule has 2 aliphatic rings. The number of nitrogens with zero attached hydrogens (tertiary/aromatic N) is 7. The Morgan fingerprint density at radius 3 is 2.48 bits per heavy atom. The SMILES string of the molecule is Cc1cc(N2CCN(S(C)(=O)=O)CC2)nc(N2CCc3nc(-c4cscn4)ncc3C2C)c1. The van der Waals surface area contributed by atoms with Crippen molar-refractivity contribution in [2.24, 2.45) is 0 Å². The highest BCUT2D eigenvalue weighted by molar-refractivity contribution is 7.88. The second-order valence-corrected chi connectivity index (χ2v) is 11.3. The minimum atomic E-state index is -3.16. The van der Waals surface area contributed by atoms with Gasteiger partial charge in [-0.15, -0.1) is 11.3 Å². The van der Waals surface area contributed by atoms with E-state index in [0.29, 0.717) is 32.0 Å². The summed E-state index contributed by atoms with van der Waals surface area (Å²) >= 11 is 1.54. The summed E-state index contributed by atoms with van der Waals surface area (Å²) in [5.74, 6) is 2.50. The van der Waals surface area contributed by atoms with Gasteiger partial charge in [0.15, 0.2) is 5.82 Å². The van der Waals surface area contributed by atoms with E-state index in [1.807, 2.05) is 11.6 Å². The molecule has 0 radical (unpaired) electrons. The van der Waals surface area contributed by atoms with Gasteiger partial charge in [0, 0.05) is 56.3 Å². The number of pyridine rings is 1. The van der Waals surface area contributed by atoms with Gasteiger partial charge >= 0.3 is 0 Å². The Morgan fingerprint density at radius 1 is 1.03 bits per heavy atom. The van der Waals surface area contributed by atoms with E-state index < -0.39 is 10.0 Å². The molecule has 0 saturated carbocycles. The quantitative estimate of drug-likeness (QED) is 0.556. The van der Waals surface area contributed by atoms with Crippen molar-refractivity contribution in [2.75, 3.05) is 48.8 Å². The fraction of sp³-hybridized carbons (Fsp3) is 0.455. The zero-order valence-electron chi connectivity index (χ0n) is 19.0. The fourth-order valence-electron chi connectivity index (χ4n) is 4.51. The molecule has 0 spiro atoms. The maximum Gasteiger partial charge on any atom is 0.211 e. The van der Waals surface area contributed by atoms with Gasteiger partial charge in [-0.3, -0.25) is 0 Å². The van der Waals surface area contributed by atoms with Crippen LogP contribution in [0, 0.1) is 6.92 Å². The monoisotopic (exact) mass is 485 g/mol. The predicted molar refractivity (Wildman–Crippen MR) is 130 cm³/mol. The number of sulfonamides is 1. The van der Waals surface area contributed by atoms with Crippen LogP contribution in [0.4, 0.5) is 11.6 Å². The minimum Gasteiger partial charge on any atom is -0.354 e. The lowest BCUT2D eigenvalue weighted by Gasteiger charge is -2.37. The zero-order chi connectivity index (χ0) is 23.2. The molecule has 5 heterocycles. The molecule has 0 aromatic carbocycles. The van der Waals surface area contributed by atoms with Crippen molar-refractivity contribution in [3.8, 4) is 11.5 Å². The maximum atomic E-state index is 11.8. The summed E-state index contributed by atoms with van der Waals surface area (Å²) in [6.07, 6.45) is 4.01. The number of aromatic nitrogens is 4. The Bertz CT molecular complexity index is 1260. The Hall–Kier alpha value is -2.63. The van der Waals surface area contributed by atoms with Crippen molar-refractivity contribution in [3.05, 3.63) is 46.0 Å². The van der Waals surface area contributed by atoms with Crippen LogP contribution in [0.2, 0.25) is 0 Å². The molecule has 33 heavy (non-hydrogen) atoms. The largest absolute Gasteiger partial charge is 0.354 e. The van der Waals surface area contributed by atoms with Crippen molar-refractivity contribution in [3.63, 3.8) is 0 Å². The summed E-state index contributed by atoms with van der Waals surface area (Å²) in [6, 6.07) is 4.29. The van der Waals surface area contributed by atoms with Crippen LogP contribution in [0.1, 0.15) is 29.8 Å². The number of aryl methyl sites for hydroxylation is 1. The minimum absolute atomic E-state index is 0.0995. The molecule has 0 bridgehead atoms. The van der Waals surface area contributed by atoms with Gasteiger partial charge in [-0.1, -0.05) is 0 Å². The van der Waals surface area contributed by atoms with Crippen LogP contribution in [-0.4, -0.2) is 71.6 Å². The van der Waals surface area contributed by atoms with Gasteiger partial charge in [-0.2, -0.15) is 4.31 Å². The molecule has 1 fully saturated rings. The normalized spacial score (nSPS) is 19.5. The summed E-state index contributed by atoms with van der Waals surface area (Å²) in [5.41, 5.74) is 5.94. The van der Waals surface area contributed by atoms with E-state index in [1.165, 1.54) is 10.6 Å². The van der Waals surface area contributed by atoms with Crippen LogP contribution in [0.25, 0.3) is 11.5 Å². The van der Waals surface area contributed by atoms with Gasteiger partial charge < -0.3 is 9.80 Å². The van der Waals surface area contributed by atoms with Crippen LogP contribution < -0.4 is 9.80 Å². The van der Waals surface area contributed by atoms with Gasteiger partial charge in [0.05, 0.1) is 23.5 Å². The smallest absolute Gasteiger partial charge is 0.211 e. The van der Waals surface area contributed by atoms with Gasteiger partial charge in [0.25, 0.3) is 0 Å². The summed E-state index contributed by atoms with van der Waals surface area (Å²) in [7, 11) is -3.16. The van der Waals surface area contributed by atoms with Gasteiger partial charge in [0.1, 0.15) is 17.3 Å². The third-order valence-electron chi connectivity index (χ3n) is 6.34. The molecule has 3 aromatic rings. The number of anilines is 2. The molecule has 1 unspecified atom stereocenters. The lowest BCUT2D eigenvalue weighted by Crippen LogP contribution is -2.48. The highest BCUT2D eigenvalue weighted by Gasteiger charge is 2.29. The molecule has 174 valence electrons. The molecular weight excluding hydrogens is 458 g/mol. The van der Waals surface area contributed by atoms with Gasteiger partial charge in [0.2, 0.25) is 10.0 Å². The number of fused-ring (bicyclic) bond motifs is 1. The standard InChI is InChI=1S/C22H27N7O2S2/c1-15-10-20(27-6-8-28(9-7-27)33(3,30)31)26-21(11-15)29-5-4-18-17(16(29)2)12-23-22(25-18)19-13-32-14-24-19/h10-14,16H,4-9H2,1-3H3. The van der Waals surface area contributed by atoms with Crippen molar-refractivity contribution in [2.45, 2.75) is 26.3 Å². The van der Waals surface area contributed by atoms with E-state index in [2.05, 4.69) is 45.7 Å². The third kappa shape index (κ3) is 4.44. The lowest BCUT2D eigenvalue weighted by atomic mass is 9.99. The third-order valence-corrected chi connectivity index (χ3v) is 8.23. The van der Waals surface area contributed by atoms with E-state index in [9.17, 15) is 8.42 Å². The molecule has 0 N–H and O–H groups in total. The second-order valence-electron chi connectivity index (χ2n) is 8.60. The van der Waals surface area contributed by atoms with E-state index >= 15 is 0 Å². The summed E-state index contributed by atoms with van der Waals surface area (Å²) in [5, 5.41) is 1.97. The Kier molecular flexibility index (Phi) is 5.79. The first-order valence-corrected chi connectivity index (χ1v) is 13.8. The van der Waals surface area contributed by atoms with Crippen molar-refractivity contribution < 1.29 is 8.42 Å². The van der Waals surface area contributed by atoms with Gasteiger partial charge in [-0.25, -0.2) is 28.4 Å². The summed E-state index contributed by atoms with van der Waals surface area (Å²) < 4.78 is 25.2. The van der Waals surface area contributed by atoms with Crippen LogP contribution in [0.15, 0.2) is 29.2 Å². The Morgan fingerprint density at radius 2 is 1.79 bits per heavy atom. The molecule has 1 saturated heterocycles. The van der Waals surface area contributed by atoms with Crippen LogP contribution in [-0.2, 0) is 16.4 Å². The summed E-state index contributed by atoms with van der Waals surface area (Å²) in [6.45, 7) is 7.29. The average molecular weight is 486 g/mol. The van der Waals surface area contributed by atoms with Crippen LogP contribution in [0.5, 0.6) is 0 Å². The van der Waals surface area contributed by atoms with E-state index in [1.54, 1.807) is 16.8 Å². The first kappa shape index (κ1) is 22.2. The Balaban J connectivity index is 1.38. The second kappa shape index (κ2) is 8.62. The number of hydrogen-bond donors (Lipinski definition) is 0. The van der Waals surface area contributed by atoms with Crippen molar-refractivity contribution in [1.29, 1.82) is 0 Å². The van der Waals surface area contributed by atoms with Crippen molar-refractivity contribution >= 4 is 33.0 Å². The number of rotatable bonds is 4. The molecular formula is C22H27N7O2S2. The predicted octanol–water partition coefficient (Wildman–Crippen LogP) is 2.51. The van der Waals surface area contributed by atoms with E-state index in [4.69, 9.17) is 9.97 Å². The zero-order valence-corrected chi connectivity index (χ0v) is 20.6. The van der Waals surface area contributed by atoms with Crippen LogP contribution >= 0.6 is 11.3 Å². The molecule has 0 aliphatic carbocycles. The average Bonchev–Trinajstić information content (AvgIpc) is 3.33. The Labute approximate surface area is 198 Å². The topological polar surface area (TPSA) is 95.4 Å². The molecule has 1 atom stereocenters. The highest BCUT2D eigenvalue weighted by Crippen LogP contribution is 2.34. The first-order chi connectivity index (χ1) is 15.8. The first-order valence-electron chi connectivity index (χ1n) is 11.0. The molecule has 5 rings (SSSR count). The molecule has 11 heteroatoms. The van der Waals surface area contributed by atoms with Crippen molar-refractivity contribution in [1.82, 2.24) is 24.2 Å².